The summed E-state index contributed by atoms with van der Waals surface area (Å²) in [6.07, 6.45) is -2.54. The number of ether oxygens (including phenoxy) is 1. The zero-order chi connectivity index (χ0) is 17.4. The summed E-state index contributed by atoms with van der Waals surface area (Å²) in [4.78, 5) is 12.1. The molecule has 1 aromatic carbocycles. The van der Waals surface area contributed by atoms with Gasteiger partial charge in [0.2, 0.25) is 0 Å². The first-order chi connectivity index (χ1) is 10.6. The Morgan fingerprint density at radius 1 is 1.35 bits per heavy atom. The van der Waals surface area contributed by atoms with E-state index in [0.29, 0.717) is 30.4 Å². The van der Waals surface area contributed by atoms with Crippen molar-refractivity contribution in [1.29, 1.82) is 0 Å². The van der Waals surface area contributed by atoms with Gasteiger partial charge in [0, 0.05) is 5.57 Å². The molecule has 1 unspecified atom stereocenters. The Morgan fingerprint density at radius 2 is 2.00 bits per heavy atom. The Labute approximate surface area is 134 Å². The summed E-state index contributed by atoms with van der Waals surface area (Å²) in [7, 11) is 0. The van der Waals surface area contributed by atoms with E-state index in [1.807, 2.05) is 13.8 Å². The topological polar surface area (TPSA) is 26.3 Å². The van der Waals surface area contributed by atoms with Crippen LogP contribution in [0.15, 0.2) is 30.4 Å². The van der Waals surface area contributed by atoms with Gasteiger partial charge >= 0.3 is 12.1 Å². The lowest BCUT2D eigenvalue weighted by molar-refractivity contribution is -0.164. The maximum atomic E-state index is 12.9. The molecule has 0 aliphatic heterocycles. The predicted molar refractivity (Wildman–Crippen MR) is 81.8 cm³/mol. The lowest BCUT2D eigenvalue weighted by Crippen LogP contribution is -2.41. The molecule has 0 bridgehead atoms. The molecule has 0 radical (unpaired) electrons. The van der Waals surface area contributed by atoms with Crippen LogP contribution in [-0.2, 0) is 27.7 Å². The minimum atomic E-state index is -4.37. The molecule has 1 aliphatic rings. The third-order valence-corrected chi connectivity index (χ3v) is 4.44. The Kier molecular flexibility index (Phi) is 4.60. The molecule has 2 rings (SSSR count). The zero-order valence-electron chi connectivity index (χ0n) is 13.6. The summed E-state index contributed by atoms with van der Waals surface area (Å²) in [5.41, 5.74) is 0.00929. The van der Waals surface area contributed by atoms with E-state index in [-0.39, 0.29) is 11.5 Å². The maximum Gasteiger partial charge on any atom is 0.416 e. The van der Waals surface area contributed by atoms with Crippen LogP contribution in [0.1, 0.15) is 50.3 Å². The summed E-state index contributed by atoms with van der Waals surface area (Å²) in [5.74, 6) is -0.562. The number of alkyl halides is 3. The summed E-state index contributed by atoms with van der Waals surface area (Å²) in [6.45, 7) is 8.98. The van der Waals surface area contributed by atoms with Crippen LogP contribution in [0.25, 0.3) is 0 Å². The fourth-order valence-electron chi connectivity index (χ4n) is 3.14. The number of aryl methyl sites for hydroxylation is 1. The first-order valence-electron chi connectivity index (χ1n) is 7.67. The van der Waals surface area contributed by atoms with Crippen LogP contribution in [0.2, 0.25) is 0 Å². The van der Waals surface area contributed by atoms with Gasteiger partial charge in [-0.3, -0.25) is 0 Å². The van der Waals surface area contributed by atoms with Crippen LogP contribution in [0.4, 0.5) is 13.2 Å². The average molecular weight is 326 g/mol. The number of carbonyl (C=O) groups is 1. The molecule has 1 atom stereocenters. The number of rotatable bonds is 3. The summed E-state index contributed by atoms with van der Waals surface area (Å²) < 4.78 is 44.5. The second-order valence-corrected chi connectivity index (χ2v) is 6.44. The molecule has 0 fully saturated rings. The highest BCUT2D eigenvalue weighted by Gasteiger charge is 2.44. The van der Waals surface area contributed by atoms with Gasteiger partial charge < -0.3 is 4.74 Å². The molecule has 5 heteroatoms. The molecule has 0 aromatic heterocycles. The van der Waals surface area contributed by atoms with Crippen LogP contribution in [0.3, 0.4) is 0 Å². The molecule has 0 saturated carbocycles. The summed E-state index contributed by atoms with van der Waals surface area (Å²) >= 11 is 0. The SMILES string of the molecule is C=C(C)C(=O)OC1(C(C)C)CCCc2cc(C(F)(F)F)ccc21. The van der Waals surface area contributed by atoms with Crippen molar-refractivity contribution in [3.8, 4) is 0 Å². The van der Waals surface area contributed by atoms with Crippen LogP contribution in [-0.4, -0.2) is 5.97 Å². The third-order valence-electron chi connectivity index (χ3n) is 4.44. The molecule has 1 aliphatic carbocycles. The van der Waals surface area contributed by atoms with Gasteiger partial charge in [0.25, 0.3) is 0 Å². The van der Waals surface area contributed by atoms with Gasteiger partial charge in [-0.25, -0.2) is 4.79 Å². The van der Waals surface area contributed by atoms with E-state index >= 15 is 0 Å². The molecule has 2 nitrogen and oxygen atoms in total. The Bertz CT molecular complexity index is 632. The second kappa shape index (κ2) is 6.02. The van der Waals surface area contributed by atoms with Gasteiger partial charge in [0.1, 0.15) is 5.60 Å². The summed E-state index contributed by atoms with van der Waals surface area (Å²) in [6, 6.07) is 3.71. The van der Waals surface area contributed by atoms with E-state index in [1.54, 1.807) is 6.92 Å². The zero-order valence-corrected chi connectivity index (χ0v) is 13.6. The normalized spacial score (nSPS) is 21.0. The minimum Gasteiger partial charge on any atom is -0.451 e. The minimum absolute atomic E-state index is 0.0541. The Balaban J connectivity index is 2.53. The molecular formula is C18H21F3O2. The number of hydrogen-bond donors (Lipinski definition) is 0. The van der Waals surface area contributed by atoms with Crippen molar-refractivity contribution in [3.63, 3.8) is 0 Å². The Morgan fingerprint density at radius 3 is 2.52 bits per heavy atom. The number of halogens is 3. The van der Waals surface area contributed by atoms with Crippen LogP contribution >= 0.6 is 0 Å². The molecule has 23 heavy (non-hydrogen) atoms. The number of benzene rings is 1. The molecule has 0 N–H and O–H groups in total. The van der Waals surface area contributed by atoms with Gasteiger partial charge in [-0.05, 0) is 55.4 Å². The number of fused-ring (bicyclic) bond motifs is 1. The van der Waals surface area contributed by atoms with E-state index in [9.17, 15) is 18.0 Å². The van der Waals surface area contributed by atoms with Crippen molar-refractivity contribution < 1.29 is 22.7 Å². The summed E-state index contributed by atoms with van der Waals surface area (Å²) in [5, 5.41) is 0. The standard InChI is InChI=1S/C18H21F3O2/c1-11(2)16(22)23-17(12(3)4)9-5-6-13-10-14(18(19,20)21)7-8-15(13)17/h7-8,10,12H,1,5-6,9H2,2-4H3. The quantitative estimate of drug-likeness (QED) is 0.576. The second-order valence-electron chi connectivity index (χ2n) is 6.44. The largest absolute Gasteiger partial charge is 0.451 e. The van der Waals surface area contributed by atoms with Crippen molar-refractivity contribution in [1.82, 2.24) is 0 Å². The highest BCUT2D eigenvalue weighted by Crippen LogP contribution is 2.45. The highest BCUT2D eigenvalue weighted by molar-refractivity contribution is 5.87. The third kappa shape index (κ3) is 3.28. The van der Waals surface area contributed by atoms with Crippen LogP contribution in [0.5, 0.6) is 0 Å². The van der Waals surface area contributed by atoms with Crippen LogP contribution in [0, 0.1) is 5.92 Å². The van der Waals surface area contributed by atoms with Crippen LogP contribution < -0.4 is 0 Å². The van der Waals surface area contributed by atoms with Crippen molar-refractivity contribution in [2.75, 3.05) is 0 Å². The van der Waals surface area contributed by atoms with Gasteiger partial charge in [0.15, 0.2) is 0 Å². The monoisotopic (exact) mass is 326 g/mol. The van der Waals surface area contributed by atoms with Gasteiger partial charge in [-0.2, -0.15) is 13.2 Å². The molecule has 0 saturated heterocycles. The average Bonchev–Trinajstić information content (AvgIpc) is 2.45. The molecule has 0 heterocycles. The molecule has 0 spiro atoms. The van der Waals surface area contributed by atoms with E-state index in [2.05, 4.69) is 6.58 Å². The van der Waals surface area contributed by atoms with E-state index < -0.39 is 23.3 Å². The lowest BCUT2D eigenvalue weighted by atomic mass is 9.72. The van der Waals surface area contributed by atoms with Crippen molar-refractivity contribution >= 4 is 5.97 Å². The van der Waals surface area contributed by atoms with Gasteiger partial charge in [-0.15, -0.1) is 0 Å². The number of carbonyl (C=O) groups excluding carboxylic acids is 1. The van der Waals surface area contributed by atoms with E-state index in [0.717, 1.165) is 6.07 Å². The fourth-order valence-corrected chi connectivity index (χ4v) is 3.14. The molecule has 0 amide bonds. The maximum absolute atomic E-state index is 12.9. The van der Waals surface area contributed by atoms with E-state index in [1.165, 1.54) is 12.1 Å². The molecule has 126 valence electrons. The fraction of sp³-hybridized carbons (Fsp3) is 0.500. The highest BCUT2D eigenvalue weighted by atomic mass is 19.4. The first kappa shape index (κ1) is 17.6. The number of hydrogen-bond acceptors (Lipinski definition) is 2. The van der Waals surface area contributed by atoms with Gasteiger partial charge in [-0.1, -0.05) is 26.5 Å². The number of esters is 1. The Hall–Kier alpha value is -1.78. The molecule has 1 aromatic rings. The molecular weight excluding hydrogens is 305 g/mol. The van der Waals surface area contributed by atoms with Crippen molar-refractivity contribution in [3.05, 3.63) is 47.0 Å². The first-order valence-corrected chi connectivity index (χ1v) is 7.67. The lowest BCUT2D eigenvalue weighted by Gasteiger charge is -2.42. The van der Waals surface area contributed by atoms with Crippen molar-refractivity contribution in [2.45, 2.75) is 51.8 Å². The smallest absolute Gasteiger partial charge is 0.416 e. The van der Waals surface area contributed by atoms with Crippen molar-refractivity contribution in [2.24, 2.45) is 5.92 Å². The van der Waals surface area contributed by atoms with E-state index in [4.69, 9.17) is 4.74 Å². The predicted octanol–water partition coefficient (Wildman–Crippen LogP) is 5.01. The van der Waals surface area contributed by atoms with Gasteiger partial charge in [0.05, 0.1) is 5.56 Å².